The van der Waals surface area contributed by atoms with Crippen LogP contribution in [0.5, 0.6) is 0 Å². The van der Waals surface area contributed by atoms with Crippen LogP contribution in [0, 0.1) is 0 Å². The Morgan fingerprint density at radius 2 is 2.00 bits per heavy atom. The van der Waals surface area contributed by atoms with Crippen molar-refractivity contribution in [2.75, 3.05) is 63.3 Å². The van der Waals surface area contributed by atoms with Gasteiger partial charge < -0.3 is 25.0 Å². The number of fused-ring (bicyclic) bond motifs is 1. The van der Waals surface area contributed by atoms with E-state index in [0.717, 1.165) is 93.5 Å². The Bertz CT molecular complexity index is 1020. The molecule has 0 aliphatic carbocycles. The van der Waals surface area contributed by atoms with Crippen LogP contribution in [0.2, 0.25) is 0 Å². The molecule has 1 aromatic carbocycles. The van der Waals surface area contributed by atoms with Crippen LogP contribution in [0.1, 0.15) is 50.8 Å². The normalized spacial score (nSPS) is 17.9. The number of unbranched alkanes of at least 4 members (excludes halogenated alkanes) is 2. The average molecular weight is 511 g/mol. The van der Waals surface area contributed by atoms with E-state index in [1.807, 2.05) is 24.3 Å². The lowest BCUT2D eigenvalue weighted by atomic mass is 10.0. The Labute approximate surface area is 220 Å². The van der Waals surface area contributed by atoms with Crippen LogP contribution in [0.3, 0.4) is 0 Å². The molecule has 0 bridgehead atoms. The van der Waals surface area contributed by atoms with Gasteiger partial charge >= 0.3 is 6.03 Å². The van der Waals surface area contributed by atoms with Gasteiger partial charge in [-0.1, -0.05) is 19.8 Å². The Morgan fingerprint density at radius 3 is 2.76 bits per heavy atom. The molecular weight excluding hydrogens is 468 g/mol. The van der Waals surface area contributed by atoms with Gasteiger partial charge in [0.1, 0.15) is 5.82 Å². The fourth-order valence-corrected chi connectivity index (χ4v) is 4.95. The van der Waals surface area contributed by atoms with Crippen LogP contribution in [-0.4, -0.2) is 80.1 Å². The van der Waals surface area contributed by atoms with E-state index in [9.17, 15) is 4.79 Å². The van der Waals surface area contributed by atoms with Crippen LogP contribution in [0.15, 0.2) is 24.3 Å². The summed E-state index contributed by atoms with van der Waals surface area (Å²) < 4.78 is 11.0. The first-order valence-corrected chi connectivity index (χ1v) is 13.7. The summed E-state index contributed by atoms with van der Waals surface area (Å²) in [6, 6.07) is 7.89. The number of anilines is 2. The average Bonchev–Trinajstić information content (AvgIpc) is 2.91. The van der Waals surface area contributed by atoms with Crippen molar-refractivity contribution in [1.29, 1.82) is 0 Å². The van der Waals surface area contributed by atoms with Crippen molar-refractivity contribution >= 4 is 17.5 Å². The van der Waals surface area contributed by atoms with E-state index >= 15 is 0 Å². The second kappa shape index (κ2) is 13.7. The summed E-state index contributed by atoms with van der Waals surface area (Å²) in [6.07, 6.45) is 5.20. The van der Waals surface area contributed by atoms with Crippen LogP contribution >= 0.6 is 0 Å². The van der Waals surface area contributed by atoms with E-state index in [1.165, 1.54) is 5.56 Å². The zero-order chi connectivity index (χ0) is 26.0. The third-order valence-electron chi connectivity index (χ3n) is 7.05. The molecule has 0 radical (unpaired) electrons. The van der Waals surface area contributed by atoms with Crippen molar-refractivity contribution in [3.8, 4) is 11.4 Å². The number of carbonyl (C=O) groups is 1. The van der Waals surface area contributed by atoms with Gasteiger partial charge in [0, 0.05) is 63.3 Å². The molecule has 1 unspecified atom stereocenters. The smallest absolute Gasteiger partial charge is 0.319 e. The summed E-state index contributed by atoms with van der Waals surface area (Å²) in [5.74, 6) is 1.77. The zero-order valence-electron chi connectivity index (χ0n) is 22.6. The lowest BCUT2D eigenvalue weighted by Gasteiger charge is -2.37. The number of aromatic nitrogens is 2. The number of rotatable bonds is 11. The number of methoxy groups -OCH3 is 1. The molecule has 9 nitrogen and oxygen atoms in total. The summed E-state index contributed by atoms with van der Waals surface area (Å²) in [4.78, 5) is 27.2. The van der Waals surface area contributed by atoms with Crippen LogP contribution < -0.4 is 15.5 Å². The highest BCUT2D eigenvalue weighted by Crippen LogP contribution is 2.31. The molecule has 2 amide bonds. The summed E-state index contributed by atoms with van der Waals surface area (Å²) >= 11 is 0. The number of nitrogens with one attached hydrogen (secondary N) is 2. The summed E-state index contributed by atoms with van der Waals surface area (Å²) in [5, 5.41) is 5.83. The molecule has 9 heteroatoms. The number of hydrogen-bond donors (Lipinski definition) is 2. The van der Waals surface area contributed by atoms with E-state index < -0.39 is 0 Å². The number of hydrogen-bond acceptors (Lipinski definition) is 7. The molecule has 2 aliphatic heterocycles. The number of morpholine rings is 1. The van der Waals surface area contributed by atoms with Crippen molar-refractivity contribution < 1.29 is 14.3 Å². The molecule has 2 N–H and O–H groups in total. The highest BCUT2D eigenvalue weighted by Gasteiger charge is 2.28. The highest BCUT2D eigenvalue weighted by molar-refractivity contribution is 5.89. The molecular formula is C28H42N6O3. The minimum Gasteiger partial charge on any atom is -0.385 e. The lowest BCUT2D eigenvalue weighted by molar-refractivity contribution is 0.0983. The molecule has 2 aliphatic rings. The van der Waals surface area contributed by atoms with E-state index in [-0.39, 0.29) is 12.1 Å². The molecule has 1 aromatic heterocycles. The fraction of sp³-hybridized carbons (Fsp3) is 0.607. The van der Waals surface area contributed by atoms with Crippen molar-refractivity contribution in [3.05, 3.63) is 35.5 Å². The van der Waals surface area contributed by atoms with Crippen molar-refractivity contribution in [1.82, 2.24) is 20.2 Å². The number of nitrogens with zero attached hydrogens (tertiary/aromatic N) is 4. The Hall–Kier alpha value is -2.75. The number of amides is 2. The lowest BCUT2D eigenvalue weighted by Crippen LogP contribution is -2.45. The zero-order valence-corrected chi connectivity index (χ0v) is 22.6. The van der Waals surface area contributed by atoms with Gasteiger partial charge in [0.15, 0.2) is 5.82 Å². The van der Waals surface area contributed by atoms with E-state index in [2.05, 4.69) is 34.3 Å². The second-order valence-corrected chi connectivity index (χ2v) is 9.95. The first-order chi connectivity index (χ1) is 18.1. The van der Waals surface area contributed by atoms with Gasteiger partial charge in [0.05, 0.1) is 24.9 Å². The van der Waals surface area contributed by atoms with Gasteiger partial charge in [0.2, 0.25) is 0 Å². The first-order valence-electron chi connectivity index (χ1n) is 13.7. The van der Waals surface area contributed by atoms with Crippen LogP contribution in [0.4, 0.5) is 16.3 Å². The van der Waals surface area contributed by atoms with Gasteiger partial charge in [-0.2, -0.15) is 0 Å². The molecule has 0 saturated carbocycles. The van der Waals surface area contributed by atoms with Gasteiger partial charge in [-0.05, 0) is 50.5 Å². The maximum Gasteiger partial charge on any atom is 0.319 e. The second-order valence-electron chi connectivity index (χ2n) is 9.95. The Kier molecular flexibility index (Phi) is 10.1. The highest BCUT2D eigenvalue weighted by atomic mass is 16.5. The molecule has 0 spiro atoms. The predicted molar refractivity (Wildman–Crippen MR) is 147 cm³/mol. The van der Waals surface area contributed by atoms with Crippen molar-refractivity contribution in [2.45, 2.75) is 58.5 Å². The Balaban J connectivity index is 1.53. The summed E-state index contributed by atoms with van der Waals surface area (Å²) in [5.41, 5.74) is 4.06. The quantitative estimate of drug-likeness (QED) is 0.440. The standard InChI is InChI=1S/C28H42N6O3/c1-4-5-6-13-29-28(35)30-23-10-8-22(9-11-23)26-31-25-19-33(14-7-17-36-3)15-12-24(25)27(32-26)34-16-18-37-20-21(34)2/h8-11,21H,4-7,12-20H2,1-3H3,(H2,29,30,35). The maximum absolute atomic E-state index is 12.2. The number of carbonyl (C=O) groups excluding carboxylic acids is 1. The van der Waals surface area contributed by atoms with Crippen LogP contribution in [-0.2, 0) is 22.4 Å². The third-order valence-corrected chi connectivity index (χ3v) is 7.05. The number of urea groups is 1. The summed E-state index contributed by atoms with van der Waals surface area (Å²) in [7, 11) is 1.75. The van der Waals surface area contributed by atoms with Gasteiger partial charge in [-0.15, -0.1) is 0 Å². The van der Waals surface area contributed by atoms with E-state index in [0.29, 0.717) is 19.8 Å². The summed E-state index contributed by atoms with van der Waals surface area (Å²) in [6.45, 7) is 10.9. The molecule has 3 heterocycles. The largest absolute Gasteiger partial charge is 0.385 e. The minimum absolute atomic E-state index is 0.175. The molecule has 4 rings (SSSR count). The minimum atomic E-state index is -0.175. The molecule has 202 valence electrons. The Morgan fingerprint density at radius 1 is 1.16 bits per heavy atom. The molecule has 2 aromatic rings. The van der Waals surface area contributed by atoms with Crippen molar-refractivity contribution in [2.24, 2.45) is 0 Å². The molecule has 37 heavy (non-hydrogen) atoms. The maximum atomic E-state index is 12.2. The number of benzene rings is 1. The predicted octanol–water partition coefficient (Wildman–Crippen LogP) is 4.08. The fourth-order valence-electron chi connectivity index (χ4n) is 4.95. The van der Waals surface area contributed by atoms with Gasteiger partial charge in [0.25, 0.3) is 0 Å². The third kappa shape index (κ3) is 7.40. The SMILES string of the molecule is CCCCCNC(=O)Nc1ccc(-c2nc3c(c(N4CCOCC4C)n2)CCN(CCCOC)C3)cc1. The first kappa shape index (κ1) is 27.3. The van der Waals surface area contributed by atoms with E-state index in [1.54, 1.807) is 7.11 Å². The van der Waals surface area contributed by atoms with Gasteiger partial charge in [-0.25, -0.2) is 14.8 Å². The van der Waals surface area contributed by atoms with Crippen LogP contribution in [0.25, 0.3) is 11.4 Å². The molecule has 1 saturated heterocycles. The van der Waals surface area contributed by atoms with Crippen molar-refractivity contribution in [3.63, 3.8) is 0 Å². The number of ether oxygens (including phenoxy) is 2. The van der Waals surface area contributed by atoms with E-state index in [4.69, 9.17) is 19.4 Å². The van der Waals surface area contributed by atoms with Gasteiger partial charge in [-0.3, -0.25) is 4.90 Å². The monoisotopic (exact) mass is 510 g/mol. The molecule has 1 fully saturated rings. The topological polar surface area (TPSA) is 91.9 Å². The molecule has 1 atom stereocenters.